The van der Waals surface area contributed by atoms with Gasteiger partial charge in [-0.3, -0.25) is 0 Å². The van der Waals surface area contributed by atoms with Gasteiger partial charge in [0.2, 0.25) is 0 Å². The fourth-order valence-corrected chi connectivity index (χ4v) is 3.41. The van der Waals surface area contributed by atoms with Crippen molar-refractivity contribution in [2.75, 3.05) is 7.11 Å². The highest BCUT2D eigenvalue weighted by molar-refractivity contribution is 5.48. The predicted molar refractivity (Wildman–Crippen MR) is 95.5 cm³/mol. The van der Waals surface area contributed by atoms with Gasteiger partial charge in [-0.25, -0.2) is 0 Å². The molecule has 0 saturated heterocycles. The lowest BCUT2D eigenvalue weighted by atomic mass is 9.84. The minimum absolute atomic E-state index is 0.0355. The summed E-state index contributed by atoms with van der Waals surface area (Å²) in [6.45, 7) is 0. The van der Waals surface area contributed by atoms with Crippen LogP contribution in [0.4, 0.5) is 0 Å². The third-order valence-electron chi connectivity index (χ3n) is 4.82. The highest BCUT2D eigenvalue weighted by Crippen LogP contribution is 2.39. The molecule has 0 bridgehead atoms. The molecule has 0 aliphatic heterocycles. The summed E-state index contributed by atoms with van der Waals surface area (Å²) in [6, 6.07) is 16.8. The molecule has 2 aromatic rings. The van der Waals surface area contributed by atoms with E-state index in [1.54, 1.807) is 19.2 Å². The average Bonchev–Trinajstić information content (AvgIpc) is 3.15. The molecular weight excluding hydrogens is 314 g/mol. The molecule has 1 unspecified atom stereocenters. The first kappa shape index (κ1) is 17.3. The van der Waals surface area contributed by atoms with Gasteiger partial charge in [0, 0.05) is 0 Å². The van der Waals surface area contributed by atoms with Crippen molar-refractivity contribution in [3.63, 3.8) is 0 Å². The minimum atomic E-state index is -1.38. The average molecular weight is 337 g/mol. The summed E-state index contributed by atoms with van der Waals surface area (Å²) in [5.41, 5.74) is -0.0571. The molecule has 1 aliphatic carbocycles. The molecule has 1 saturated carbocycles. The number of hydrogen-bond acceptors (Lipinski definition) is 4. The molecule has 1 aliphatic rings. The van der Waals surface area contributed by atoms with Crippen LogP contribution in [0.25, 0.3) is 0 Å². The molecule has 3 rings (SSSR count). The van der Waals surface area contributed by atoms with E-state index in [0.717, 1.165) is 12.8 Å². The Morgan fingerprint density at radius 1 is 1.08 bits per heavy atom. The Morgan fingerprint density at radius 3 is 2.44 bits per heavy atom. The van der Waals surface area contributed by atoms with Crippen LogP contribution in [0, 0.1) is 11.3 Å². The molecule has 25 heavy (non-hydrogen) atoms. The Balaban J connectivity index is 2.00. The number of methoxy groups -OCH3 is 1. The van der Waals surface area contributed by atoms with Crippen molar-refractivity contribution in [1.82, 2.24) is 0 Å². The Morgan fingerprint density at radius 2 is 1.80 bits per heavy atom. The number of nitrogens with zero attached hydrogens (tertiary/aromatic N) is 1. The smallest absolute Gasteiger partial charge is 0.161 e. The van der Waals surface area contributed by atoms with Crippen LogP contribution in [0.15, 0.2) is 48.5 Å². The summed E-state index contributed by atoms with van der Waals surface area (Å²) in [4.78, 5) is 0. The molecule has 1 N–H and O–H groups in total. The van der Waals surface area contributed by atoms with Gasteiger partial charge in [-0.2, -0.15) is 5.26 Å². The van der Waals surface area contributed by atoms with E-state index in [-0.39, 0.29) is 12.5 Å². The number of nitriles is 1. The monoisotopic (exact) mass is 337 g/mol. The summed E-state index contributed by atoms with van der Waals surface area (Å²) < 4.78 is 11.5. The second-order valence-corrected chi connectivity index (χ2v) is 6.45. The maximum Gasteiger partial charge on any atom is 0.161 e. The summed E-state index contributed by atoms with van der Waals surface area (Å²) in [5, 5.41) is 20.5. The third-order valence-corrected chi connectivity index (χ3v) is 4.82. The maximum absolute atomic E-state index is 11.3. The first-order chi connectivity index (χ1) is 12.2. The lowest BCUT2D eigenvalue weighted by Gasteiger charge is -2.28. The van der Waals surface area contributed by atoms with E-state index in [2.05, 4.69) is 6.07 Å². The number of rotatable bonds is 6. The highest BCUT2D eigenvalue weighted by Gasteiger charge is 2.32. The highest BCUT2D eigenvalue weighted by atomic mass is 16.5. The van der Waals surface area contributed by atoms with Crippen molar-refractivity contribution in [2.24, 2.45) is 0 Å². The zero-order valence-electron chi connectivity index (χ0n) is 14.4. The van der Waals surface area contributed by atoms with Crippen molar-refractivity contribution in [2.45, 2.75) is 43.8 Å². The van der Waals surface area contributed by atoms with Gasteiger partial charge in [0.05, 0.1) is 25.7 Å². The fourth-order valence-electron chi connectivity index (χ4n) is 3.41. The van der Waals surface area contributed by atoms with E-state index < -0.39 is 5.60 Å². The predicted octanol–water partition coefficient (Wildman–Crippen LogP) is 4.17. The van der Waals surface area contributed by atoms with Crippen molar-refractivity contribution >= 4 is 0 Å². The molecule has 4 nitrogen and oxygen atoms in total. The van der Waals surface area contributed by atoms with Crippen molar-refractivity contribution < 1.29 is 14.6 Å². The molecule has 0 aromatic heterocycles. The zero-order valence-corrected chi connectivity index (χ0v) is 14.4. The summed E-state index contributed by atoms with van der Waals surface area (Å²) in [7, 11) is 1.61. The number of hydrogen-bond donors (Lipinski definition) is 1. The first-order valence-corrected chi connectivity index (χ1v) is 8.67. The second-order valence-electron chi connectivity index (χ2n) is 6.45. The molecule has 0 amide bonds. The third kappa shape index (κ3) is 3.62. The van der Waals surface area contributed by atoms with Crippen LogP contribution in [0.3, 0.4) is 0 Å². The lowest BCUT2D eigenvalue weighted by molar-refractivity contribution is 0.0852. The van der Waals surface area contributed by atoms with Gasteiger partial charge in [0.15, 0.2) is 11.5 Å². The zero-order chi connectivity index (χ0) is 17.7. The number of aliphatic hydroxyl groups is 1. The van der Waals surface area contributed by atoms with Crippen LogP contribution < -0.4 is 9.47 Å². The van der Waals surface area contributed by atoms with Gasteiger partial charge in [0.25, 0.3) is 0 Å². The topological polar surface area (TPSA) is 62.5 Å². The normalized spacial score (nSPS) is 16.8. The molecule has 1 fully saturated rings. The second kappa shape index (κ2) is 7.58. The number of benzene rings is 2. The number of ether oxygens (including phenoxy) is 2. The summed E-state index contributed by atoms with van der Waals surface area (Å²) >= 11 is 0. The molecule has 0 heterocycles. The van der Waals surface area contributed by atoms with Gasteiger partial charge in [-0.1, -0.05) is 36.4 Å². The van der Waals surface area contributed by atoms with Crippen LogP contribution >= 0.6 is 0 Å². The standard InChI is InChI=1S/C21H23NO3/c1-24-19-12-11-17(15-20(19)25-18-9-5-6-10-18)21(23,13-14-22)16-7-3-2-4-8-16/h2-4,7-8,11-12,15,18,23H,5-6,9-10,13H2,1H3. The molecular formula is C21H23NO3. The SMILES string of the molecule is COc1ccc(C(O)(CC#N)c2ccccc2)cc1OC1CCCC1. The first-order valence-electron chi connectivity index (χ1n) is 8.67. The lowest BCUT2D eigenvalue weighted by Crippen LogP contribution is -2.27. The van der Waals surface area contributed by atoms with Gasteiger partial charge in [0.1, 0.15) is 5.60 Å². The van der Waals surface area contributed by atoms with E-state index >= 15 is 0 Å². The van der Waals surface area contributed by atoms with E-state index in [0.29, 0.717) is 22.6 Å². The Kier molecular flexibility index (Phi) is 5.25. The van der Waals surface area contributed by atoms with E-state index in [1.165, 1.54) is 12.8 Å². The van der Waals surface area contributed by atoms with Gasteiger partial charge < -0.3 is 14.6 Å². The summed E-state index contributed by atoms with van der Waals surface area (Å²) in [6.07, 6.45) is 4.57. The minimum Gasteiger partial charge on any atom is -0.493 e. The molecule has 0 spiro atoms. The Bertz CT molecular complexity index is 747. The van der Waals surface area contributed by atoms with Crippen LogP contribution in [-0.4, -0.2) is 18.3 Å². The van der Waals surface area contributed by atoms with Crippen LogP contribution in [0.2, 0.25) is 0 Å². The van der Waals surface area contributed by atoms with Crippen LogP contribution in [-0.2, 0) is 5.60 Å². The Hall–Kier alpha value is -2.51. The quantitative estimate of drug-likeness (QED) is 0.859. The molecule has 0 radical (unpaired) electrons. The fraction of sp³-hybridized carbons (Fsp3) is 0.381. The van der Waals surface area contributed by atoms with Gasteiger partial charge >= 0.3 is 0 Å². The van der Waals surface area contributed by atoms with Crippen molar-refractivity contribution in [3.05, 3.63) is 59.7 Å². The van der Waals surface area contributed by atoms with Crippen molar-refractivity contribution in [3.8, 4) is 17.6 Å². The molecule has 1 atom stereocenters. The van der Waals surface area contributed by atoms with Gasteiger partial charge in [-0.15, -0.1) is 0 Å². The van der Waals surface area contributed by atoms with Crippen molar-refractivity contribution in [1.29, 1.82) is 5.26 Å². The van der Waals surface area contributed by atoms with Crippen LogP contribution in [0.5, 0.6) is 11.5 Å². The maximum atomic E-state index is 11.3. The molecule has 130 valence electrons. The summed E-state index contributed by atoms with van der Waals surface area (Å²) in [5.74, 6) is 1.27. The molecule has 4 heteroatoms. The Labute approximate surface area is 148 Å². The van der Waals surface area contributed by atoms with Gasteiger partial charge in [-0.05, 0) is 48.9 Å². The largest absolute Gasteiger partial charge is 0.493 e. The molecule has 2 aromatic carbocycles. The van der Waals surface area contributed by atoms with E-state index in [9.17, 15) is 10.4 Å². The van der Waals surface area contributed by atoms with E-state index in [1.807, 2.05) is 36.4 Å². The van der Waals surface area contributed by atoms with E-state index in [4.69, 9.17) is 9.47 Å². The van der Waals surface area contributed by atoms with Crippen LogP contribution in [0.1, 0.15) is 43.2 Å².